The third-order valence-electron chi connectivity index (χ3n) is 3.44. The third kappa shape index (κ3) is 3.23. The molecular weight excluding hydrogens is 317 g/mol. The number of halogens is 1. The Kier molecular flexibility index (Phi) is 5.30. The molecule has 2 fully saturated rings. The van der Waals surface area contributed by atoms with E-state index in [0.717, 1.165) is 19.7 Å². The van der Waals surface area contributed by atoms with Crippen molar-refractivity contribution in [1.82, 2.24) is 4.90 Å². The van der Waals surface area contributed by atoms with Crippen LogP contribution >= 0.6 is 24.0 Å². The van der Waals surface area contributed by atoms with Crippen LogP contribution in [-0.2, 0) is 4.74 Å². The van der Waals surface area contributed by atoms with Crippen molar-refractivity contribution in [1.29, 1.82) is 0 Å². The van der Waals surface area contributed by atoms with Gasteiger partial charge in [-0.2, -0.15) is 0 Å². The normalized spacial score (nSPS) is 35.2. The van der Waals surface area contributed by atoms with E-state index in [1.807, 2.05) is 0 Å². The highest BCUT2D eigenvalue weighted by Crippen LogP contribution is 2.29. The zero-order chi connectivity index (χ0) is 10.8. The van der Waals surface area contributed by atoms with E-state index in [9.17, 15) is 0 Å². The quantitative estimate of drug-likeness (QED) is 0.447. The van der Waals surface area contributed by atoms with Gasteiger partial charge in [-0.25, -0.2) is 4.99 Å². The standard InChI is InChI=1S/C11H21N3O.HI/c1-8-3-4-10(8)13-11(12)14-5-6-15-9(2)7-14;/h8-10H,3-7H2,1-2H3,(H2,12,13);1H. The Morgan fingerprint density at radius 3 is 2.62 bits per heavy atom. The summed E-state index contributed by atoms with van der Waals surface area (Å²) in [5.74, 6) is 1.42. The average molecular weight is 339 g/mol. The second-order valence-electron chi connectivity index (χ2n) is 4.74. The van der Waals surface area contributed by atoms with Crippen molar-refractivity contribution in [2.24, 2.45) is 16.6 Å². The van der Waals surface area contributed by atoms with Crippen molar-refractivity contribution < 1.29 is 4.74 Å². The van der Waals surface area contributed by atoms with Gasteiger partial charge < -0.3 is 15.4 Å². The fourth-order valence-corrected chi connectivity index (χ4v) is 2.12. The summed E-state index contributed by atoms with van der Waals surface area (Å²) in [7, 11) is 0. The van der Waals surface area contributed by atoms with Crippen LogP contribution in [-0.4, -0.2) is 42.7 Å². The summed E-state index contributed by atoms with van der Waals surface area (Å²) in [6, 6.07) is 0.461. The molecule has 1 heterocycles. The first kappa shape index (κ1) is 14.0. The maximum absolute atomic E-state index is 6.00. The molecule has 1 aliphatic heterocycles. The van der Waals surface area contributed by atoms with Crippen LogP contribution in [0.25, 0.3) is 0 Å². The van der Waals surface area contributed by atoms with Crippen molar-refractivity contribution in [3.8, 4) is 0 Å². The van der Waals surface area contributed by atoms with E-state index in [-0.39, 0.29) is 30.1 Å². The topological polar surface area (TPSA) is 50.8 Å². The number of nitrogens with zero attached hydrogens (tertiary/aromatic N) is 2. The summed E-state index contributed by atoms with van der Waals surface area (Å²) in [5.41, 5.74) is 6.00. The van der Waals surface area contributed by atoms with Crippen LogP contribution in [0.5, 0.6) is 0 Å². The number of hydrogen-bond acceptors (Lipinski definition) is 2. The zero-order valence-corrected chi connectivity index (χ0v) is 12.4. The average Bonchev–Trinajstić information content (AvgIpc) is 2.23. The van der Waals surface area contributed by atoms with Crippen LogP contribution in [0.4, 0.5) is 0 Å². The molecule has 0 bridgehead atoms. The molecule has 2 aliphatic rings. The van der Waals surface area contributed by atoms with Gasteiger partial charge in [-0.3, -0.25) is 0 Å². The predicted octanol–water partition coefficient (Wildman–Crippen LogP) is 1.44. The van der Waals surface area contributed by atoms with Gasteiger partial charge >= 0.3 is 0 Å². The Morgan fingerprint density at radius 1 is 1.38 bits per heavy atom. The van der Waals surface area contributed by atoms with Gasteiger partial charge in [-0.1, -0.05) is 6.92 Å². The molecule has 0 radical (unpaired) electrons. The minimum atomic E-state index is 0. The molecule has 3 unspecified atom stereocenters. The van der Waals surface area contributed by atoms with Crippen molar-refractivity contribution in [2.45, 2.75) is 38.8 Å². The van der Waals surface area contributed by atoms with Crippen molar-refractivity contribution in [2.75, 3.05) is 19.7 Å². The number of aliphatic imine (C=N–C) groups is 1. The summed E-state index contributed by atoms with van der Waals surface area (Å²) in [5, 5.41) is 0. The van der Waals surface area contributed by atoms with Gasteiger partial charge in [0.1, 0.15) is 0 Å². The lowest BCUT2D eigenvalue weighted by molar-refractivity contribution is 0.00506. The van der Waals surface area contributed by atoms with Crippen LogP contribution in [0.15, 0.2) is 4.99 Å². The van der Waals surface area contributed by atoms with E-state index in [1.54, 1.807) is 0 Å². The minimum absolute atomic E-state index is 0. The van der Waals surface area contributed by atoms with Gasteiger partial charge in [0, 0.05) is 13.1 Å². The Hall–Kier alpha value is -0.0400. The number of ether oxygens (including phenoxy) is 1. The minimum Gasteiger partial charge on any atom is -0.375 e. The highest BCUT2D eigenvalue weighted by Gasteiger charge is 2.27. The predicted molar refractivity (Wildman–Crippen MR) is 76.2 cm³/mol. The highest BCUT2D eigenvalue weighted by molar-refractivity contribution is 14.0. The van der Waals surface area contributed by atoms with E-state index in [1.165, 1.54) is 12.8 Å². The van der Waals surface area contributed by atoms with Crippen molar-refractivity contribution in [3.05, 3.63) is 0 Å². The lowest BCUT2D eigenvalue weighted by Crippen LogP contribution is -2.48. The molecule has 2 N–H and O–H groups in total. The molecule has 1 aliphatic carbocycles. The molecule has 0 aromatic heterocycles. The number of guanidine groups is 1. The molecule has 0 aromatic carbocycles. The summed E-state index contributed by atoms with van der Waals surface area (Å²) < 4.78 is 5.47. The molecule has 4 nitrogen and oxygen atoms in total. The molecule has 3 atom stereocenters. The van der Waals surface area contributed by atoms with Crippen LogP contribution in [0.2, 0.25) is 0 Å². The van der Waals surface area contributed by atoms with Crippen LogP contribution in [0.1, 0.15) is 26.7 Å². The Labute approximate surface area is 115 Å². The Bertz CT molecular complexity index is 260. The molecule has 1 saturated carbocycles. The number of rotatable bonds is 1. The van der Waals surface area contributed by atoms with E-state index in [4.69, 9.17) is 10.5 Å². The van der Waals surface area contributed by atoms with Gasteiger partial charge in [-0.05, 0) is 25.7 Å². The number of nitrogens with two attached hydrogens (primary N) is 1. The monoisotopic (exact) mass is 339 g/mol. The van der Waals surface area contributed by atoms with Gasteiger partial charge in [-0.15, -0.1) is 24.0 Å². The van der Waals surface area contributed by atoms with Gasteiger partial charge in [0.25, 0.3) is 0 Å². The summed E-state index contributed by atoms with van der Waals surface area (Å²) in [6.45, 7) is 6.83. The maximum Gasteiger partial charge on any atom is 0.191 e. The molecule has 0 aromatic rings. The second-order valence-corrected chi connectivity index (χ2v) is 4.74. The smallest absolute Gasteiger partial charge is 0.191 e. The summed E-state index contributed by atoms with van der Waals surface area (Å²) in [4.78, 5) is 6.72. The molecule has 1 saturated heterocycles. The molecule has 16 heavy (non-hydrogen) atoms. The maximum atomic E-state index is 6.00. The number of hydrogen-bond donors (Lipinski definition) is 1. The molecule has 0 amide bonds. The third-order valence-corrected chi connectivity index (χ3v) is 3.44. The number of morpholine rings is 1. The highest BCUT2D eigenvalue weighted by atomic mass is 127. The molecule has 5 heteroatoms. The molecular formula is C11H22IN3O. The Morgan fingerprint density at radius 2 is 2.12 bits per heavy atom. The van der Waals surface area contributed by atoms with E-state index in [2.05, 4.69) is 23.7 Å². The van der Waals surface area contributed by atoms with Gasteiger partial charge in [0.05, 0.1) is 18.8 Å². The largest absolute Gasteiger partial charge is 0.375 e. The lowest BCUT2D eigenvalue weighted by atomic mass is 9.82. The first-order valence-corrected chi connectivity index (χ1v) is 5.86. The van der Waals surface area contributed by atoms with Crippen LogP contribution in [0.3, 0.4) is 0 Å². The van der Waals surface area contributed by atoms with Gasteiger partial charge in [0.2, 0.25) is 0 Å². The first-order chi connectivity index (χ1) is 7.16. The summed E-state index contributed by atoms with van der Waals surface area (Å²) >= 11 is 0. The molecule has 0 spiro atoms. The van der Waals surface area contributed by atoms with E-state index >= 15 is 0 Å². The summed E-state index contributed by atoms with van der Waals surface area (Å²) in [6.07, 6.45) is 2.76. The lowest BCUT2D eigenvalue weighted by Gasteiger charge is -2.35. The first-order valence-electron chi connectivity index (χ1n) is 5.86. The fourth-order valence-electron chi connectivity index (χ4n) is 2.12. The van der Waals surface area contributed by atoms with E-state index in [0.29, 0.717) is 17.9 Å². The fraction of sp³-hybridized carbons (Fsp3) is 0.909. The molecule has 94 valence electrons. The molecule has 2 rings (SSSR count). The van der Waals surface area contributed by atoms with Crippen molar-refractivity contribution in [3.63, 3.8) is 0 Å². The van der Waals surface area contributed by atoms with E-state index < -0.39 is 0 Å². The Balaban J connectivity index is 0.00000128. The van der Waals surface area contributed by atoms with Crippen LogP contribution in [0, 0.1) is 5.92 Å². The zero-order valence-electron chi connectivity index (χ0n) is 10.1. The van der Waals surface area contributed by atoms with Gasteiger partial charge in [0.15, 0.2) is 5.96 Å². The SMILES string of the molecule is CC1CN(C(N)=NC2CCC2C)CCO1.I. The van der Waals surface area contributed by atoms with Crippen LogP contribution < -0.4 is 5.73 Å². The van der Waals surface area contributed by atoms with Crippen molar-refractivity contribution >= 4 is 29.9 Å². The second kappa shape index (κ2) is 6.05.